The molecule has 0 unspecified atom stereocenters. The summed E-state index contributed by atoms with van der Waals surface area (Å²) in [6, 6.07) is 0. The fourth-order valence-electron chi connectivity index (χ4n) is 1.27. The minimum absolute atomic E-state index is 0. The van der Waals surface area contributed by atoms with Gasteiger partial charge in [-0.15, -0.1) is 0 Å². The molecule has 2 heteroatoms. The van der Waals surface area contributed by atoms with Crippen LogP contribution in [0.15, 0.2) is 0 Å². The van der Waals surface area contributed by atoms with Gasteiger partial charge in [0, 0.05) is 5.92 Å². The number of carbonyl (C=O) groups is 1. The van der Waals surface area contributed by atoms with E-state index in [2.05, 4.69) is 0 Å². The third-order valence-electron chi connectivity index (χ3n) is 1.84. The van der Waals surface area contributed by atoms with Gasteiger partial charge in [0.05, 0.1) is 0 Å². The van der Waals surface area contributed by atoms with E-state index in [-0.39, 0.29) is 37.7 Å². The fourth-order valence-corrected chi connectivity index (χ4v) is 1.27. The van der Waals surface area contributed by atoms with Crippen molar-refractivity contribution in [2.24, 2.45) is 5.92 Å². The van der Waals surface area contributed by atoms with E-state index in [1.54, 1.807) is 0 Å². The first kappa shape index (κ1) is 9.93. The third-order valence-corrected chi connectivity index (χ3v) is 1.84. The first-order valence-corrected chi connectivity index (χ1v) is 3.39. The van der Waals surface area contributed by atoms with Gasteiger partial charge < -0.3 is 4.79 Å². The van der Waals surface area contributed by atoms with Crippen molar-refractivity contribution in [3.63, 3.8) is 0 Å². The number of carbonyl (C=O) groups excluding carboxylic acids is 1. The van der Waals surface area contributed by atoms with E-state index in [0.29, 0.717) is 5.92 Å². The molecule has 1 nitrogen and oxygen atoms in total. The molecule has 0 radical (unpaired) electrons. The van der Waals surface area contributed by atoms with E-state index >= 15 is 0 Å². The van der Waals surface area contributed by atoms with Crippen molar-refractivity contribution in [3.05, 3.63) is 0 Å². The molecular formula is C7H14CaO. The number of rotatable bonds is 1. The summed E-state index contributed by atoms with van der Waals surface area (Å²) in [5.41, 5.74) is 0. The van der Waals surface area contributed by atoms with Gasteiger partial charge in [-0.25, -0.2) is 0 Å². The van der Waals surface area contributed by atoms with Crippen molar-refractivity contribution in [2.75, 3.05) is 0 Å². The van der Waals surface area contributed by atoms with Crippen LogP contribution in [0.5, 0.6) is 0 Å². The zero-order valence-corrected chi connectivity index (χ0v) is 5.10. The molecule has 0 bridgehead atoms. The third kappa shape index (κ3) is 3.59. The number of hydrogen-bond acceptors (Lipinski definition) is 1. The normalized spacial score (nSPS) is 20.4. The predicted molar refractivity (Wildman–Crippen MR) is 41.2 cm³/mol. The Labute approximate surface area is 86.2 Å². The molecule has 1 aliphatic rings. The molecular weight excluding hydrogens is 140 g/mol. The van der Waals surface area contributed by atoms with E-state index in [1.807, 2.05) is 0 Å². The van der Waals surface area contributed by atoms with Crippen LogP contribution in [0.1, 0.15) is 32.1 Å². The number of hydrogen-bond donors (Lipinski definition) is 0. The van der Waals surface area contributed by atoms with Gasteiger partial charge >= 0.3 is 37.7 Å². The van der Waals surface area contributed by atoms with Crippen molar-refractivity contribution in [1.29, 1.82) is 0 Å². The van der Waals surface area contributed by atoms with Gasteiger partial charge in [-0.2, -0.15) is 0 Å². The summed E-state index contributed by atoms with van der Waals surface area (Å²) in [5, 5.41) is 0. The molecule has 0 aromatic carbocycles. The molecule has 0 N–H and O–H groups in total. The van der Waals surface area contributed by atoms with Gasteiger partial charge in [0.1, 0.15) is 6.29 Å². The van der Waals surface area contributed by atoms with Crippen LogP contribution in [-0.2, 0) is 4.79 Å². The van der Waals surface area contributed by atoms with E-state index in [1.165, 1.54) is 19.3 Å². The summed E-state index contributed by atoms with van der Waals surface area (Å²) < 4.78 is 0. The minimum atomic E-state index is 0. The van der Waals surface area contributed by atoms with Crippen LogP contribution < -0.4 is 0 Å². The molecule has 0 aliphatic heterocycles. The average Bonchev–Trinajstić information content (AvgIpc) is 1.90. The molecule has 0 amide bonds. The van der Waals surface area contributed by atoms with Crippen LogP contribution in [0.2, 0.25) is 0 Å². The standard InChI is InChI=1S/C7H12O.Ca.2H/c8-6-7-4-2-1-3-5-7;;;/h6-7H,1-5H2;;;. The van der Waals surface area contributed by atoms with Crippen molar-refractivity contribution in [3.8, 4) is 0 Å². The second kappa shape index (κ2) is 5.69. The maximum absolute atomic E-state index is 10.2. The predicted octanol–water partition coefficient (Wildman–Crippen LogP) is 0.849. The van der Waals surface area contributed by atoms with Crippen LogP contribution in [0.3, 0.4) is 0 Å². The van der Waals surface area contributed by atoms with Crippen molar-refractivity contribution in [2.45, 2.75) is 32.1 Å². The quantitative estimate of drug-likeness (QED) is 0.404. The van der Waals surface area contributed by atoms with Gasteiger partial charge in [0.25, 0.3) is 0 Å². The van der Waals surface area contributed by atoms with Crippen LogP contribution in [0.4, 0.5) is 0 Å². The zero-order valence-electron chi connectivity index (χ0n) is 5.10. The molecule has 0 aromatic heterocycles. The Morgan fingerprint density at radius 2 is 1.67 bits per heavy atom. The second-order valence-electron chi connectivity index (χ2n) is 2.53. The molecule has 0 aromatic rings. The molecule has 0 saturated heterocycles. The molecule has 1 aliphatic carbocycles. The van der Waals surface area contributed by atoms with Crippen LogP contribution in [-0.4, -0.2) is 44.0 Å². The summed E-state index contributed by atoms with van der Waals surface area (Å²) in [4.78, 5) is 10.2. The molecule has 0 heterocycles. The summed E-state index contributed by atoms with van der Waals surface area (Å²) >= 11 is 0. The maximum atomic E-state index is 10.2. The van der Waals surface area contributed by atoms with Gasteiger partial charge in [0.2, 0.25) is 0 Å². The Morgan fingerprint density at radius 1 is 1.11 bits per heavy atom. The van der Waals surface area contributed by atoms with Gasteiger partial charge in [-0.3, -0.25) is 0 Å². The molecule has 0 spiro atoms. The summed E-state index contributed by atoms with van der Waals surface area (Å²) in [6.07, 6.45) is 7.27. The molecule has 9 heavy (non-hydrogen) atoms. The van der Waals surface area contributed by atoms with Gasteiger partial charge in [0.15, 0.2) is 0 Å². The van der Waals surface area contributed by atoms with Crippen molar-refractivity contribution < 1.29 is 4.79 Å². The molecule has 50 valence electrons. The topological polar surface area (TPSA) is 17.1 Å². The Morgan fingerprint density at radius 3 is 2.00 bits per heavy atom. The molecule has 0 atom stereocenters. The molecule has 1 saturated carbocycles. The Kier molecular flexibility index (Phi) is 6.28. The first-order valence-electron chi connectivity index (χ1n) is 3.39. The van der Waals surface area contributed by atoms with Crippen molar-refractivity contribution >= 4 is 44.0 Å². The summed E-state index contributed by atoms with van der Waals surface area (Å²) in [6.45, 7) is 0. The first-order chi connectivity index (χ1) is 3.93. The van der Waals surface area contributed by atoms with Gasteiger partial charge in [-0.05, 0) is 12.8 Å². The zero-order chi connectivity index (χ0) is 5.82. The van der Waals surface area contributed by atoms with E-state index in [9.17, 15) is 4.79 Å². The second-order valence-corrected chi connectivity index (χ2v) is 2.53. The molecule has 1 rings (SSSR count). The Bertz CT molecular complexity index is 77.0. The van der Waals surface area contributed by atoms with Crippen LogP contribution in [0.25, 0.3) is 0 Å². The Balaban J connectivity index is 0.000000640. The van der Waals surface area contributed by atoms with E-state index < -0.39 is 0 Å². The average molecular weight is 154 g/mol. The molecule has 1 fully saturated rings. The van der Waals surface area contributed by atoms with Crippen LogP contribution >= 0.6 is 0 Å². The van der Waals surface area contributed by atoms with E-state index in [4.69, 9.17) is 0 Å². The summed E-state index contributed by atoms with van der Waals surface area (Å²) in [5.74, 6) is 0.406. The fraction of sp³-hybridized carbons (Fsp3) is 0.857. The van der Waals surface area contributed by atoms with E-state index in [0.717, 1.165) is 19.1 Å². The number of aldehydes is 1. The van der Waals surface area contributed by atoms with Gasteiger partial charge in [-0.1, -0.05) is 19.3 Å². The van der Waals surface area contributed by atoms with Crippen molar-refractivity contribution in [1.82, 2.24) is 0 Å². The SMILES string of the molecule is O=CC1CCCCC1.[CaH2]. The Hall–Kier alpha value is 0.930. The monoisotopic (exact) mass is 154 g/mol. The van der Waals surface area contributed by atoms with Crippen LogP contribution in [0, 0.1) is 5.92 Å². The summed E-state index contributed by atoms with van der Waals surface area (Å²) in [7, 11) is 0.